The van der Waals surface area contributed by atoms with Crippen molar-refractivity contribution in [1.29, 1.82) is 0 Å². The minimum Gasteiger partial charge on any atom is -0.207 e. The average molecular weight is 279 g/mol. The van der Waals surface area contributed by atoms with E-state index in [4.69, 9.17) is 11.6 Å². The molecule has 2 aromatic carbocycles. The number of rotatable bonds is 0. The predicted molar refractivity (Wildman–Crippen MR) is 74.1 cm³/mol. The van der Waals surface area contributed by atoms with Crippen molar-refractivity contribution in [2.75, 3.05) is 0 Å². The first-order valence-corrected chi connectivity index (χ1v) is 6.96. The standard InChI is InChI=1S/C15H12ClFS/c1-15(2)11-5-4-10(17)8-14(11)18-13-6-3-9(16)7-12(13)15/h3-8H,1-2H3. The van der Waals surface area contributed by atoms with Crippen LogP contribution in [0.4, 0.5) is 4.39 Å². The molecule has 1 aliphatic heterocycles. The van der Waals surface area contributed by atoms with Crippen LogP contribution >= 0.6 is 23.4 Å². The molecule has 0 N–H and O–H groups in total. The molecule has 0 radical (unpaired) electrons. The minimum absolute atomic E-state index is 0.144. The highest BCUT2D eigenvalue weighted by Crippen LogP contribution is 2.49. The van der Waals surface area contributed by atoms with Crippen LogP contribution in [0.15, 0.2) is 46.2 Å². The van der Waals surface area contributed by atoms with Crippen LogP contribution in [-0.2, 0) is 5.41 Å². The van der Waals surface area contributed by atoms with Crippen molar-refractivity contribution in [3.63, 3.8) is 0 Å². The van der Waals surface area contributed by atoms with Crippen LogP contribution < -0.4 is 0 Å². The summed E-state index contributed by atoms with van der Waals surface area (Å²) in [7, 11) is 0. The molecule has 0 aliphatic carbocycles. The molecule has 0 atom stereocenters. The van der Waals surface area contributed by atoms with Crippen molar-refractivity contribution in [1.82, 2.24) is 0 Å². The smallest absolute Gasteiger partial charge is 0.124 e. The second-order valence-electron chi connectivity index (χ2n) is 5.01. The van der Waals surface area contributed by atoms with Gasteiger partial charge in [0.1, 0.15) is 5.82 Å². The Morgan fingerprint density at radius 2 is 1.78 bits per heavy atom. The predicted octanol–water partition coefficient (Wildman–Crippen LogP) is 5.27. The highest BCUT2D eigenvalue weighted by Gasteiger charge is 2.33. The van der Waals surface area contributed by atoms with E-state index in [1.54, 1.807) is 17.8 Å². The van der Waals surface area contributed by atoms with Gasteiger partial charge in [-0.05, 0) is 41.5 Å². The Morgan fingerprint density at radius 1 is 1.00 bits per heavy atom. The van der Waals surface area contributed by atoms with Gasteiger partial charge in [0.2, 0.25) is 0 Å². The van der Waals surface area contributed by atoms with Gasteiger partial charge >= 0.3 is 0 Å². The van der Waals surface area contributed by atoms with Gasteiger partial charge in [0, 0.05) is 20.2 Å². The maximum atomic E-state index is 13.4. The molecule has 0 fully saturated rings. The van der Waals surface area contributed by atoms with Crippen molar-refractivity contribution < 1.29 is 4.39 Å². The first-order valence-electron chi connectivity index (χ1n) is 5.76. The molecule has 0 aromatic heterocycles. The molecule has 0 saturated heterocycles. The summed E-state index contributed by atoms with van der Waals surface area (Å²) >= 11 is 7.70. The van der Waals surface area contributed by atoms with Gasteiger partial charge in [0.25, 0.3) is 0 Å². The van der Waals surface area contributed by atoms with Gasteiger partial charge in [-0.25, -0.2) is 4.39 Å². The molecule has 0 amide bonds. The molecule has 0 unspecified atom stereocenters. The molecule has 18 heavy (non-hydrogen) atoms. The van der Waals surface area contributed by atoms with E-state index in [9.17, 15) is 4.39 Å². The lowest BCUT2D eigenvalue weighted by atomic mass is 9.77. The summed E-state index contributed by atoms with van der Waals surface area (Å²) in [4.78, 5) is 2.15. The molecule has 0 saturated carbocycles. The van der Waals surface area contributed by atoms with Crippen LogP contribution in [0.2, 0.25) is 5.02 Å². The van der Waals surface area contributed by atoms with E-state index < -0.39 is 0 Å². The molecule has 1 heterocycles. The molecule has 92 valence electrons. The first kappa shape index (κ1) is 12.1. The van der Waals surface area contributed by atoms with Gasteiger partial charge in [-0.3, -0.25) is 0 Å². The van der Waals surface area contributed by atoms with Crippen LogP contribution in [0.3, 0.4) is 0 Å². The third kappa shape index (κ3) is 1.75. The summed E-state index contributed by atoms with van der Waals surface area (Å²) in [5, 5.41) is 0.744. The minimum atomic E-state index is -0.186. The molecule has 3 heteroatoms. The summed E-state index contributed by atoms with van der Waals surface area (Å²) < 4.78 is 13.4. The molecule has 0 nitrogen and oxygen atoms in total. The fourth-order valence-corrected chi connectivity index (χ4v) is 4.01. The Hall–Kier alpha value is -0.990. The van der Waals surface area contributed by atoms with Crippen LogP contribution in [0, 0.1) is 5.82 Å². The summed E-state index contributed by atoms with van der Waals surface area (Å²) in [5.41, 5.74) is 2.22. The maximum absolute atomic E-state index is 13.4. The number of benzene rings is 2. The Kier molecular flexibility index (Phi) is 2.68. The Bertz CT molecular complexity index is 634. The third-order valence-corrected chi connectivity index (χ3v) is 4.82. The number of halogens is 2. The summed E-state index contributed by atoms with van der Waals surface area (Å²) in [6, 6.07) is 10.9. The van der Waals surface area contributed by atoms with E-state index in [2.05, 4.69) is 13.8 Å². The largest absolute Gasteiger partial charge is 0.207 e. The zero-order valence-corrected chi connectivity index (χ0v) is 11.7. The van der Waals surface area contributed by atoms with Crippen LogP contribution in [0.5, 0.6) is 0 Å². The van der Waals surface area contributed by atoms with Crippen LogP contribution in [0.1, 0.15) is 25.0 Å². The first-order chi connectivity index (χ1) is 8.48. The highest BCUT2D eigenvalue weighted by molar-refractivity contribution is 7.99. The quantitative estimate of drug-likeness (QED) is 0.633. The summed E-state index contributed by atoms with van der Waals surface area (Å²) in [6.45, 7) is 4.30. The SMILES string of the molecule is CC1(C)c2ccc(F)cc2Sc2ccc(Cl)cc21. The normalized spacial score (nSPS) is 16.0. The average Bonchev–Trinajstić information content (AvgIpc) is 2.30. The van der Waals surface area contributed by atoms with Gasteiger partial charge in [-0.15, -0.1) is 0 Å². The molecule has 0 spiro atoms. The molecule has 0 bridgehead atoms. The lowest BCUT2D eigenvalue weighted by Crippen LogP contribution is -2.23. The second kappa shape index (κ2) is 4.01. The van der Waals surface area contributed by atoms with Crippen LogP contribution in [-0.4, -0.2) is 0 Å². The summed E-state index contributed by atoms with van der Waals surface area (Å²) in [6.07, 6.45) is 0. The molecule has 2 aromatic rings. The zero-order valence-electron chi connectivity index (χ0n) is 10.1. The zero-order chi connectivity index (χ0) is 12.9. The number of hydrogen-bond acceptors (Lipinski definition) is 1. The summed E-state index contributed by atoms with van der Waals surface area (Å²) in [5.74, 6) is -0.186. The van der Waals surface area contributed by atoms with E-state index in [1.165, 1.54) is 11.6 Å². The fourth-order valence-electron chi connectivity index (χ4n) is 2.44. The lowest BCUT2D eigenvalue weighted by Gasteiger charge is -2.34. The van der Waals surface area contributed by atoms with Gasteiger partial charge in [-0.2, -0.15) is 0 Å². The topological polar surface area (TPSA) is 0 Å². The van der Waals surface area contributed by atoms with Gasteiger partial charge in [-0.1, -0.05) is 43.3 Å². The Labute approximate surface area is 115 Å². The van der Waals surface area contributed by atoms with Gasteiger partial charge in [0.05, 0.1) is 0 Å². The van der Waals surface area contributed by atoms with Crippen LogP contribution in [0.25, 0.3) is 0 Å². The Morgan fingerprint density at radius 3 is 2.56 bits per heavy atom. The molecular weight excluding hydrogens is 267 g/mol. The van der Waals surface area contributed by atoms with E-state index in [0.717, 1.165) is 20.4 Å². The highest BCUT2D eigenvalue weighted by atomic mass is 35.5. The van der Waals surface area contributed by atoms with Gasteiger partial charge in [0.15, 0.2) is 0 Å². The molecule has 3 rings (SSSR count). The van der Waals surface area contributed by atoms with Crippen molar-refractivity contribution in [2.24, 2.45) is 0 Å². The second-order valence-corrected chi connectivity index (χ2v) is 6.53. The van der Waals surface area contributed by atoms with E-state index in [-0.39, 0.29) is 11.2 Å². The maximum Gasteiger partial charge on any atom is 0.124 e. The van der Waals surface area contributed by atoms with E-state index in [1.807, 2.05) is 24.3 Å². The van der Waals surface area contributed by atoms with Gasteiger partial charge < -0.3 is 0 Å². The lowest BCUT2D eigenvalue weighted by molar-refractivity contribution is 0.589. The van der Waals surface area contributed by atoms with E-state index >= 15 is 0 Å². The fraction of sp³-hybridized carbons (Fsp3) is 0.200. The van der Waals surface area contributed by atoms with Crippen molar-refractivity contribution in [2.45, 2.75) is 29.1 Å². The van der Waals surface area contributed by atoms with E-state index in [0.29, 0.717) is 0 Å². The van der Waals surface area contributed by atoms with Crippen molar-refractivity contribution in [3.8, 4) is 0 Å². The number of fused-ring (bicyclic) bond motifs is 2. The third-order valence-electron chi connectivity index (χ3n) is 3.45. The molecule has 1 aliphatic rings. The van der Waals surface area contributed by atoms with Crippen molar-refractivity contribution >= 4 is 23.4 Å². The van der Waals surface area contributed by atoms with Crippen molar-refractivity contribution in [3.05, 3.63) is 58.4 Å². The Balaban J connectivity index is 2.26. The number of hydrogen-bond donors (Lipinski definition) is 0. The molecular formula is C15H12ClFS. The monoisotopic (exact) mass is 278 g/mol.